The lowest BCUT2D eigenvalue weighted by Crippen LogP contribution is -2.58. The number of carbonyl (C=O) groups excluding carboxylic acids is 1. The van der Waals surface area contributed by atoms with Crippen molar-refractivity contribution < 1.29 is 18.1 Å². The molecule has 0 spiro atoms. The van der Waals surface area contributed by atoms with Crippen LogP contribution in [0.5, 0.6) is 0 Å². The Kier molecular flexibility index (Phi) is 6.87. The summed E-state index contributed by atoms with van der Waals surface area (Å²) in [5.41, 5.74) is 1.21. The summed E-state index contributed by atoms with van der Waals surface area (Å²) in [5, 5.41) is 0.726. The molecule has 2 rings (SSSR count). The van der Waals surface area contributed by atoms with E-state index >= 15 is 0 Å². The molecule has 0 fully saturated rings. The third-order valence-corrected chi connectivity index (χ3v) is 6.64. The summed E-state index contributed by atoms with van der Waals surface area (Å²) < 4.78 is 17.9. The van der Waals surface area contributed by atoms with Gasteiger partial charge in [-0.25, -0.2) is 0 Å². The minimum absolute atomic E-state index is 0.0535. The first kappa shape index (κ1) is 18.5. The summed E-state index contributed by atoms with van der Waals surface area (Å²) in [5.74, 6) is -0.0535. The van der Waals surface area contributed by atoms with Crippen LogP contribution < -0.4 is 5.19 Å². The summed E-state index contributed by atoms with van der Waals surface area (Å²) in [6.45, 7) is 7.09. The van der Waals surface area contributed by atoms with Gasteiger partial charge in [-0.2, -0.15) is 0 Å². The van der Waals surface area contributed by atoms with E-state index in [0.717, 1.165) is 5.19 Å². The summed E-state index contributed by atoms with van der Waals surface area (Å²) in [6.07, 6.45) is 0. The Balaban J connectivity index is 2.54. The van der Waals surface area contributed by atoms with Gasteiger partial charge >= 0.3 is 8.80 Å². The van der Waals surface area contributed by atoms with Crippen LogP contribution in [0, 0.1) is 0 Å². The van der Waals surface area contributed by atoms with E-state index in [0.29, 0.717) is 30.9 Å². The van der Waals surface area contributed by atoms with Crippen LogP contribution in [0.2, 0.25) is 0 Å². The molecule has 2 aromatic carbocycles. The largest absolute Gasteiger partial charge is 0.537 e. The number of benzene rings is 2. The molecule has 0 aromatic heterocycles. The van der Waals surface area contributed by atoms with Crippen LogP contribution in [0.15, 0.2) is 54.6 Å². The molecule has 0 heterocycles. The van der Waals surface area contributed by atoms with Crippen LogP contribution >= 0.6 is 0 Å². The zero-order chi connectivity index (χ0) is 17.4. The summed E-state index contributed by atoms with van der Waals surface area (Å²) in [4.78, 5) is 13.0. The van der Waals surface area contributed by atoms with Gasteiger partial charge in [0.25, 0.3) is 0 Å². The summed E-state index contributed by atoms with van der Waals surface area (Å²) in [6, 6.07) is 16.6. The highest BCUT2D eigenvalue weighted by Gasteiger charge is 2.45. The average Bonchev–Trinajstić information content (AvgIpc) is 2.62. The maximum Gasteiger partial charge on any atom is 0.537 e. The number of ketones is 1. The van der Waals surface area contributed by atoms with Gasteiger partial charge in [-0.05, 0) is 20.8 Å². The second kappa shape index (κ2) is 8.89. The molecule has 128 valence electrons. The summed E-state index contributed by atoms with van der Waals surface area (Å²) in [7, 11) is -3.13. The van der Waals surface area contributed by atoms with Crippen molar-refractivity contribution in [1.29, 1.82) is 0 Å². The van der Waals surface area contributed by atoms with Gasteiger partial charge in [0, 0.05) is 36.1 Å². The molecule has 0 atom stereocenters. The van der Waals surface area contributed by atoms with E-state index < -0.39 is 8.80 Å². The Morgan fingerprint density at radius 1 is 0.792 bits per heavy atom. The van der Waals surface area contributed by atoms with Crippen molar-refractivity contribution in [3.05, 3.63) is 65.7 Å². The zero-order valence-corrected chi connectivity index (χ0v) is 15.5. The molecule has 0 unspecified atom stereocenters. The monoisotopic (exact) mass is 344 g/mol. The molecule has 0 aliphatic heterocycles. The third kappa shape index (κ3) is 3.99. The molecule has 2 aromatic rings. The minimum Gasteiger partial charge on any atom is -0.370 e. The first-order chi connectivity index (χ1) is 11.7. The van der Waals surface area contributed by atoms with Crippen LogP contribution in [0.1, 0.15) is 36.7 Å². The van der Waals surface area contributed by atoms with Crippen LogP contribution in [0.3, 0.4) is 0 Å². The highest BCUT2D eigenvalue weighted by molar-refractivity contribution is 6.76. The molecule has 0 radical (unpaired) electrons. The Labute approximate surface area is 144 Å². The second-order valence-corrected chi connectivity index (χ2v) is 7.61. The van der Waals surface area contributed by atoms with E-state index in [1.54, 1.807) is 0 Å². The second-order valence-electron chi connectivity index (χ2n) is 5.10. The van der Waals surface area contributed by atoms with Gasteiger partial charge in [0.2, 0.25) is 0 Å². The predicted molar refractivity (Wildman–Crippen MR) is 96.6 cm³/mol. The van der Waals surface area contributed by atoms with Gasteiger partial charge in [0.15, 0.2) is 5.78 Å². The van der Waals surface area contributed by atoms with Crippen LogP contribution in [0.25, 0.3) is 0 Å². The standard InChI is InChI=1S/C19H24O4Si/c1-4-21-24(22-5-2,23-6-3)18-15-11-10-14-17(18)19(20)16-12-8-7-9-13-16/h7-15H,4-6H2,1-3H3. The molecule has 4 nitrogen and oxygen atoms in total. The molecule has 5 heteroatoms. The normalized spacial score (nSPS) is 11.5. The van der Waals surface area contributed by atoms with E-state index in [1.807, 2.05) is 75.4 Å². The molecule has 0 amide bonds. The van der Waals surface area contributed by atoms with Gasteiger partial charge in [-0.1, -0.05) is 54.6 Å². The first-order valence-corrected chi connectivity index (χ1v) is 10.0. The van der Waals surface area contributed by atoms with Gasteiger partial charge < -0.3 is 13.3 Å². The number of carbonyl (C=O) groups is 1. The zero-order valence-electron chi connectivity index (χ0n) is 14.5. The Hall–Kier alpha value is -1.79. The van der Waals surface area contributed by atoms with E-state index in [2.05, 4.69) is 0 Å². The van der Waals surface area contributed by atoms with E-state index in [9.17, 15) is 4.79 Å². The fourth-order valence-electron chi connectivity index (χ4n) is 2.62. The van der Waals surface area contributed by atoms with Crippen LogP contribution in [0.4, 0.5) is 0 Å². The van der Waals surface area contributed by atoms with Gasteiger partial charge in [-0.15, -0.1) is 0 Å². The molecule has 0 aliphatic carbocycles. The molecular weight excluding hydrogens is 320 g/mol. The van der Waals surface area contributed by atoms with Gasteiger partial charge in [0.1, 0.15) is 0 Å². The van der Waals surface area contributed by atoms with Gasteiger partial charge in [0.05, 0.1) is 0 Å². The van der Waals surface area contributed by atoms with Crippen LogP contribution in [-0.2, 0) is 13.3 Å². The SMILES string of the molecule is CCO[Si](OCC)(OCC)c1ccccc1C(=O)c1ccccc1. The van der Waals surface area contributed by atoms with Crippen LogP contribution in [-0.4, -0.2) is 34.4 Å². The van der Waals surface area contributed by atoms with Crippen molar-refractivity contribution in [2.45, 2.75) is 20.8 Å². The fourth-order valence-corrected chi connectivity index (χ4v) is 5.31. The Morgan fingerprint density at radius 2 is 1.29 bits per heavy atom. The van der Waals surface area contributed by atoms with Gasteiger partial charge in [-0.3, -0.25) is 4.79 Å². The fraction of sp³-hybridized carbons (Fsp3) is 0.316. The Bertz CT molecular complexity index is 640. The highest BCUT2D eigenvalue weighted by atomic mass is 28.4. The van der Waals surface area contributed by atoms with Crippen molar-refractivity contribution in [3.63, 3.8) is 0 Å². The van der Waals surface area contributed by atoms with Crippen molar-refractivity contribution in [1.82, 2.24) is 0 Å². The molecule has 0 aliphatic rings. The smallest absolute Gasteiger partial charge is 0.370 e. The number of hydrogen-bond donors (Lipinski definition) is 0. The quantitative estimate of drug-likeness (QED) is 0.518. The molecule has 0 saturated carbocycles. The molecule has 0 saturated heterocycles. The maximum atomic E-state index is 13.0. The third-order valence-electron chi connectivity index (χ3n) is 3.54. The highest BCUT2D eigenvalue weighted by Crippen LogP contribution is 2.16. The molecular formula is C19H24O4Si. The van der Waals surface area contributed by atoms with Crippen molar-refractivity contribution in [2.75, 3.05) is 19.8 Å². The maximum absolute atomic E-state index is 13.0. The van der Waals surface area contributed by atoms with Crippen molar-refractivity contribution >= 4 is 19.8 Å². The van der Waals surface area contributed by atoms with E-state index in [4.69, 9.17) is 13.3 Å². The number of rotatable bonds is 9. The molecule has 24 heavy (non-hydrogen) atoms. The van der Waals surface area contributed by atoms with E-state index in [1.165, 1.54) is 0 Å². The average molecular weight is 344 g/mol. The minimum atomic E-state index is -3.13. The molecule has 0 N–H and O–H groups in total. The Morgan fingerprint density at radius 3 is 1.83 bits per heavy atom. The topological polar surface area (TPSA) is 44.8 Å². The van der Waals surface area contributed by atoms with E-state index in [-0.39, 0.29) is 5.78 Å². The lowest BCUT2D eigenvalue weighted by Gasteiger charge is -2.30. The lowest BCUT2D eigenvalue weighted by atomic mass is 10.0. The number of hydrogen-bond acceptors (Lipinski definition) is 4. The predicted octanol–water partition coefficient (Wildman–Crippen LogP) is 3.17. The first-order valence-electron chi connectivity index (χ1n) is 8.29. The summed E-state index contributed by atoms with van der Waals surface area (Å²) >= 11 is 0. The lowest BCUT2D eigenvalue weighted by molar-refractivity contribution is 0.0850. The molecule has 0 bridgehead atoms. The van der Waals surface area contributed by atoms with Crippen molar-refractivity contribution in [2.24, 2.45) is 0 Å². The van der Waals surface area contributed by atoms with Crippen molar-refractivity contribution in [3.8, 4) is 0 Å².